The highest BCUT2D eigenvalue weighted by Gasteiger charge is 2.28. The molecular formula is C29H39NO9. The maximum absolute atomic E-state index is 12.2. The van der Waals surface area contributed by atoms with Gasteiger partial charge in [-0.15, -0.1) is 0 Å². The largest absolute Gasteiger partial charge is 0.481 e. The van der Waals surface area contributed by atoms with Gasteiger partial charge in [-0.25, -0.2) is 4.79 Å². The first kappa shape index (κ1) is 30.5. The molecule has 0 aliphatic heterocycles. The first-order chi connectivity index (χ1) is 19.2. The number of benzene rings is 2. The van der Waals surface area contributed by atoms with E-state index in [1.165, 1.54) is 22.3 Å². The molecule has 0 unspecified atom stereocenters. The van der Waals surface area contributed by atoms with E-state index >= 15 is 0 Å². The van der Waals surface area contributed by atoms with Crippen LogP contribution in [-0.2, 0) is 33.2 Å². The van der Waals surface area contributed by atoms with Crippen molar-refractivity contribution in [2.45, 2.75) is 18.8 Å². The van der Waals surface area contributed by atoms with Gasteiger partial charge in [0.2, 0.25) is 0 Å². The van der Waals surface area contributed by atoms with Crippen LogP contribution in [0.1, 0.15) is 29.9 Å². The standard InChI is InChI=1S/C29H39NO9/c31-28(32)10-13-35-15-17-37-19-21-38-20-18-36-16-14-34-12-5-11-30-29(33)39-22-27-25-8-3-1-6-23(25)24-7-2-4-9-26(24)27/h1-4,6-9,27H,5,10-22H2,(H,30,33)(H,31,32). The molecule has 3 rings (SSSR count). The molecule has 2 aromatic carbocycles. The third kappa shape index (κ3) is 11.3. The number of hydrogen-bond acceptors (Lipinski definition) is 8. The van der Waals surface area contributed by atoms with Gasteiger partial charge >= 0.3 is 12.1 Å². The minimum absolute atomic E-state index is 0.00495. The number of aliphatic carboxylic acids is 1. The number of rotatable bonds is 21. The predicted molar refractivity (Wildman–Crippen MR) is 144 cm³/mol. The molecule has 0 heterocycles. The summed E-state index contributed by atoms with van der Waals surface area (Å²) in [7, 11) is 0. The molecule has 1 amide bonds. The Morgan fingerprint density at radius 2 is 1.13 bits per heavy atom. The molecule has 39 heavy (non-hydrogen) atoms. The average Bonchev–Trinajstić information content (AvgIpc) is 3.26. The fraction of sp³-hybridized carbons (Fsp3) is 0.517. The van der Waals surface area contributed by atoms with E-state index in [1.54, 1.807) is 0 Å². The SMILES string of the molecule is O=C(O)CCOCCOCCOCCOCCOCCCNC(=O)OCC1c2ccccc2-c2ccccc21. The summed E-state index contributed by atoms with van der Waals surface area (Å²) in [6.07, 6.45) is 0.252. The van der Waals surface area contributed by atoms with Crippen LogP contribution in [0.5, 0.6) is 0 Å². The molecule has 10 heteroatoms. The van der Waals surface area contributed by atoms with Crippen molar-refractivity contribution < 1.29 is 43.1 Å². The topological polar surface area (TPSA) is 122 Å². The van der Waals surface area contributed by atoms with Gasteiger partial charge < -0.3 is 38.8 Å². The predicted octanol–water partition coefficient (Wildman–Crippen LogP) is 3.47. The third-order valence-corrected chi connectivity index (χ3v) is 6.03. The molecule has 214 valence electrons. The van der Waals surface area contributed by atoms with Crippen LogP contribution in [0.15, 0.2) is 48.5 Å². The van der Waals surface area contributed by atoms with Gasteiger partial charge in [0.1, 0.15) is 6.61 Å². The molecule has 2 aromatic rings. The molecule has 0 radical (unpaired) electrons. The molecule has 1 aliphatic carbocycles. The van der Waals surface area contributed by atoms with Crippen LogP contribution < -0.4 is 5.32 Å². The van der Waals surface area contributed by atoms with Crippen molar-refractivity contribution in [2.75, 3.05) is 79.2 Å². The fourth-order valence-corrected chi connectivity index (χ4v) is 4.16. The fourth-order valence-electron chi connectivity index (χ4n) is 4.16. The van der Waals surface area contributed by atoms with Gasteiger partial charge in [-0.05, 0) is 28.7 Å². The maximum atomic E-state index is 12.2. The van der Waals surface area contributed by atoms with E-state index < -0.39 is 12.1 Å². The lowest BCUT2D eigenvalue weighted by Crippen LogP contribution is -2.27. The van der Waals surface area contributed by atoms with E-state index in [4.69, 9.17) is 33.5 Å². The minimum atomic E-state index is -0.876. The number of alkyl carbamates (subject to hydrolysis) is 1. The lowest BCUT2D eigenvalue weighted by atomic mass is 9.98. The number of carbonyl (C=O) groups excluding carboxylic acids is 1. The average molecular weight is 546 g/mol. The number of fused-ring (bicyclic) bond motifs is 3. The van der Waals surface area contributed by atoms with E-state index in [1.807, 2.05) is 24.3 Å². The van der Waals surface area contributed by atoms with E-state index in [-0.39, 0.29) is 18.9 Å². The number of carboxylic acid groups (broad SMARTS) is 1. The Balaban J connectivity index is 1.09. The number of nitrogens with one attached hydrogen (secondary N) is 1. The molecule has 0 saturated carbocycles. The van der Waals surface area contributed by atoms with Crippen LogP contribution in [0.3, 0.4) is 0 Å². The maximum Gasteiger partial charge on any atom is 0.407 e. The highest BCUT2D eigenvalue weighted by molar-refractivity contribution is 5.79. The van der Waals surface area contributed by atoms with Crippen molar-refractivity contribution in [2.24, 2.45) is 0 Å². The van der Waals surface area contributed by atoms with E-state index in [0.29, 0.717) is 79.0 Å². The second kappa shape index (κ2) is 18.3. The second-order valence-electron chi connectivity index (χ2n) is 8.81. The molecule has 10 nitrogen and oxygen atoms in total. The van der Waals surface area contributed by atoms with E-state index in [9.17, 15) is 9.59 Å². The van der Waals surface area contributed by atoms with Crippen molar-refractivity contribution in [3.8, 4) is 11.1 Å². The zero-order valence-corrected chi connectivity index (χ0v) is 22.3. The van der Waals surface area contributed by atoms with E-state index in [2.05, 4.69) is 29.6 Å². The van der Waals surface area contributed by atoms with Crippen molar-refractivity contribution in [1.82, 2.24) is 5.32 Å². The third-order valence-electron chi connectivity index (χ3n) is 6.03. The number of ether oxygens (including phenoxy) is 6. The Bertz CT molecular complexity index is 955. The highest BCUT2D eigenvalue weighted by Crippen LogP contribution is 2.44. The molecule has 0 aromatic heterocycles. The number of carbonyl (C=O) groups is 2. The first-order valence-electron chi connectivity index (χ1n) is 13.4. The quantitative estimate of drug-likeness (QED) is 0.227. The molecule has 0 fully saturated rings. The first-order valence-corrected chi connectivity index (χ1v) is 13.4. The summed E-state index contributed by atoms with van der Waals surface area (Å²) in [5.74, 6) is -0.827. The number of carboxylic acids is 1. The van der Waals surface area contributed by atoms with Crippen LogP contribution in [-0.4, -0.2) is 96.4 Å². The molecular weight excluding hydrogens is 506 g/mol. The molecule has 1 aliphatic rings. The Morgan fingerprint density at radius 1 is 0.667 bits per heavy atom. The lowest BCUT2D eigenvalue weighted by molar-refractivity contribution is -0.138. The zero-order chi connectivity index (χ0) is 27.5. The Kier molecular flexibility index (Phi) is 14.3. The summed E-state index contributed by atoms with van der Waals surface area (Å²) < 4.78 is 32.3. The highest BCUT2D eigenvalue weighted by atomic mass is 16.6. The van der Waals surface area contributed by atoms with Crippen molar-refractivity contribution in [3.05, 3.63) is 59.7 Å². The van der Waals surface area contributed by atoms with Crippen LogP contribution in [0.4, 0.5) is 4.79 Å². The Morgan fingerprint density at radius 3 is 1.64 bits per heavy atom. The van der Waals surface area contributed by atoms with Crippen LogP contribution in [0.2, 0.25) is 0 Å². The van der Waals surface area contributed by atoms with Crippen LogP contribution in [0.25, 0.3) is 11.1 Å². The molecule has 0 saturated heterocycles. The van der Waals surface area contributed by atoms with Crippen molar-refractivity contribution >= 4 is 12.1 Å². The van der Waals surface area contributed by atoms with Crippen LogP contribution in [0, 0.1) is 0 Å². The minimum Gasteiger partial charge on any atom is -0.481 e. The zero-order valence-electron chi connectivity index (χ0n) is 22.3. The summed E-state index contributed by atoms with van der Waals surface area (Å²) in [4.78, 5) is 22.5. The molecule has 0 spiro atoms. The summed E-state index contributed by atoms with van der Waals surface area (Å²) in [6.45, 7) is 4.99. The lowest BCUT2D eigenvalue weighted by Gasteiger charge is -2.14. The van der Waals surface area contributed by atoms with Gasteiger partial charge in [0.15, 0.2) is 0 Å². The molecule has 2 N–H and O–H groups in total. The second-order valence-corrected chi connectivity index (χ2v) is 8.81. The summed E-state index contributed by atoms with van der Waals surface area (Å²) >= 11 is 0. The van der Waals surface area contributed by atoms with Gasteiger partial charge in [0.05, 0.1) is 65.9 Å². The normalized spacial score (nSPS) is 12.2. The van der Waals surface area contributed by atoms with Gasteiger partial charge in [-0.3, -0.25) is 4.79 Å². The number of amides is 1. The summed E-state index contributed by atoms with van der Waals surface area (Å²) in [6, 6.07) is 16.5. The van der Waals surface area contributed by atoms with Gasteiger partial charge in [0.25, 0.3) is 0 Å². The molecule has 0 bridgehead atoms. The Hall–Kier alpha value is -3.02. The summed E-state index contributed by atoms with van der Waals surface area (Å²) in [5, 5.41) is 11.3. The molecule has 0 atom stereocenters. The van der Waals surface area contributed by atoms with Gasteiger partial charge in [-0.2, -0.15) is 0 Å². The van der Waals surface area contributed by atoms with Crippen molar-refractivity contribution in [1.29, 1.82) is 0 Å². The smallest absolute Gasteiger partial charge is 0.407 e. The van der Waals surface area contributed by atoms with Crippen molar-refractivity contribution in [3.63, 3.8) is 0 Å². The monoisotopic (exact) mass is 545 g/mol. The van der Waals surface area contributed by atoms with E-state index in [0.717, 1.165) is 0 Å². The summed E-state index contributed by atoms with van der Waals surface area (Å²) in [5.41, 5.74) is 4.79. The number of hydrogen-bond donors (Lipinski definition) is 2. The Labute approximate surface area is 229 Å². The van der Waals surface area contributed by atoms with Gasteiger partial charge in [0, 0.05) is 19.1 Å². The van der Waals surface area contributed by atoms with Crippen LogP contribution >= 0.6 is 0 Å². The van der Waals surface area contributed by atoms with Gasteiger partial charge in [-0.1, -0.05) is 48.5 Å².